The highest BCUT2D eigenvalue weighted by Crippen LogP contribution is 2.42. The lowest BCUT2D eigenvalue weighted by molar-refractivity contribution is -0.112. The molecule has 2 aliphatic rings. The van der Waals surface area contributed by atoms with Gasteiger partial charge in [-0.3, -0.25) is 0 Å². The van der Waals surface area contributed by atoms with Crippen LogP contribution in [-0.4, -0.2) is 6.29 Å². The van der Waals surface area contributed by atoms with Crippen molar-refractivity contribution < 1.29 is 4.79 Å². The summed E-state index contributed by atoms with van der Waals surface area (Å²) >= 11 is 0. The summed E-state index contributed by atoms with van der Waals surface area (Å²) in [6.07, 6.45) is 9.99. The standard InChI is InChI=1S/C13H20O/c1-2-12-11(9-14)8-7-10-5-3-4-6-13(10)12/h9,11-12H,2-8H2,1H3. The summed E-state index contributed by atoms with van der Waals surface area (Å²) in [5.74, 6) is 0.924. The molecule has 0 aromatic rings. The van der Waals surface area contributed by atoms with Gasteiger partial charge in [0, 0.05) is 5.92 Å². The summed E-state index contributed by atoms with van der Waals surface area (Å²) in [6.45, 7) is 2.23. The van der Waals surface area contributed by atoms with Crippen LogP contribution >= 0.6 is 0 Å². The molecule has 0 aliphatic heterocycles. The lowest BCUT2D eigenvalue weighted by atomic mass is 9.70. The molecule has 0 saturated heterocycles. The Balaban J connectivity index is 2.24. The fourth-order valence-corrected chi connectivity index (χ4v) is 3.24. The van der Waals surface area contributed by atoms with Gasteiger partial charge >= 0.3 is 0 Å². The van der Waals surface area contributed by atoms with Gasteiger partial charge in [-0.15, -0.1) is 0 Å². The van der Waals surface area contributed by atoms with Crippen molar-refractivity contribution in [1.82, 2.24) is 0 Å². The van der Waals surface area contributed by atoms with Crippen LogP contribution in [0.25, 0.3) is 0 Å². The third-order valence-corrected chi connectivity index (χ3v) is 3.99. The van der Waals surface area contributed by atoms with E-state index in [9.17, 15) is 4.79 Å². The van der Waals surface area contributed by atoms with E-state index < -0.39 is 0 Å². The molecule has 2 unspecified atom stereocenters. The summed E-state index contributed by atoms with van der Waals surface area (Å²) in [4.78, 5) is 11.0. The van der Waals surface area contributed by atoms with E-state index in [0.29, 0.717) is 11.8 Å². The van der Waals surface area contributed by atoms with Crippen molar-refractivity contribution in [2.75, 3.05) is 0 Å². The molecule has 0 aromatic carbocycles. The van der Waals surface area contributed by atoms with Gasteiger partial charge < -0.3 is 4.79 Å². The molecule has 0 N–H and O–H groups in total. The van der Waals surface area contributed by atoms with Gasteiger partial charge in [-0.05, 0) is 50.9 Å². The molecule has 14 heavy (non-hydrogen) atoms. The van der Waals surface area contributed by atoms with E-state index >= 15 is 0 Å². The van der Waals surface area contributed by atoms with Crippen molar-refractivity contribution in [2.24, 2.45) is 11.8 Å². The molecule has 0 spiro atoms. The minimum Gasteiger partial charge on any atom is -0.303 e. The van der Waals surface area contributed by atoms with Gasteiger partial charge in [0.05, 0.1) is 0 Å². The fraction of sp³-hybridized carbons (Fsp3) is 0.769. The Labute approximate surface area is 86.6 Å². The second-order valence-corrected chi connectivity index (χ2v) is 4.69. The van der Waals surface area contributed by atoms with E-state index in [-0.39, 0.29) is 0 Å². The highest BCUT2D eigenvalue weighted by molar-refractivity contribution is 5.56. The number of carbonyl (C=O) groups excluding carboxylic acids is 1. The molecule has 2 rings (SSSR count). The van der Waals surface area contributed by atoms with Crippen LogP contribution in [0.4, 0.5) is 0 Å². The fourth-order valence-electron chi connectivity index (χ4n) is 3.24. The van der Waals surface area contributed by atoms with Crippen LogP contribution in [0.2, 0.25) is 0 Å². The van der Waals surface area contributed by atoms with Crippen LogP contribution < -0.4 is 0 Å². The number of carbonyl (C=O) groups is 1. The second kappa shape index (κ2) is 4.29. The number of hydrogen-bond donors (Lipinski definition) is 0. The van der Waals surface area contributed by atoms with Gasteiger partial charge in [0.15, 0.2) is 0 Å². The Kier molecular flexibility index (Phi) is 3.05. The second-order valence-electron chi connectivity index (χ2n) is 4.69. The highest BCUT2D eigenvalue weighted by Gasteiger charge is 2.30. The van der Waals surface area contributed by atoms with Crippen LogP contribution in [0, 0.1) is 11.8 Å². The SMILES string of the molecule is CCC1C2=C(CCCC2)CCC1C=O. The Bertz CT molecular complexity index is 252. The summed E-state index contributed by atoms with van der Waals surface area (Å²) in [7, 11) is 0. The third kappa shape index (κ3) is 1.65. The minimum atomic E-state index is 0.330. The van der Waals surface area contributed by atoms with Gasteiger partial charge in [-0.2, -0.15) is 0 Å². The van der Waals surface area contributed by atoms with Crippen LogP contribution in [0.5, 0.6) is 0 Å². The van der Waals surface area contributed by atoms with Gasteiger partial charge in [-0.25, -0.2) is 0 Å². The summed E-state index contributed by atoms with van der Waals surface area (Å²) < 4.78 is 0. The first-order valence-electron chi connectivity index (χ1n) is 6.03. The number of allylic oxidation sites excluding steroid dienone is 2. The molecule has 2 atom stereocenters. The van der Waals surface area contributed by atoms with Crippen molar-refractivity contribution in [3.8, 4) is 0 Å². The van der Waals surface area contributed by atoms with E-state index in [1.165, 1.54) is 38.4 Å². The first kappa shape index (κ1) is 9.95. The van der Waals surface area contributed by atoms with Crippen molar-refractivity contribution in [3.05, 3.63) is 11.1 Å². The maximum absolute atomic E-state index is 11.0. The molecule has 1 nitrogen and oxygen atoms in total. The van der Waals surface area contributed by atoms with Crippen LogP contribution in [0.3, 0.4) is 0 Å². The zero-order valence-electron chi connectivity index (χ0n) is 9.09. The van der Waals surface area contributed by atoms with Gasteiger partial charge in [-0.1, -0.05) is 18.1 Å². The molecule has 0 saturated carbocycles. The van der Waals surface area contributed by atoms with E-state index in [1.807, 2.05) is 0 Å². The maximum Gasteiger partial charge on any atom is 0.123 e. The molecule has 0 bridgehead atoms. The molecule has 0 amide bonds. The quantitative estimate of drug-likeness (QED) is 0.483. The normalized spacial score (nSPS) is 32.6. The molecule has 0 radical (unpaired) electrons. The van der Waals surface area contributed by atoms with E-state index in [4.69, 9.17) is 0 Å². The van der Waals surface area contributed by atoms with Crippen molar-refractivity contribution in [3.63, 3.8) is 0 Å². The number of aldehydes is 1. The molecule has 0 heterocycles. The lowest BCUT2D eigenvalue weighted by Crippen LogP contribution is -2.25. The van der Waals surface area contributed by atoms with Crippen LogP contribution in [0.15, 0.2) is 11.1 Å². The largest absolute Gasteiger partial charge is 0.303 e. The highest BCUT2D eigenvalue weighted by atomic mass is 16.1. The average Bonchev–Trinajstić information content (AvgIpc) is 2.27. The molecule has 2 aliphatic carbocycles. The summed E-state index contributed by atoms with van der Waals surface area (Å²) in [5.41, 5.74) is 3.38. The molecular formula is C13H20O. The molecule has 1 heteroatoms. The van der Waals surface area contributed by atoms with Gasteiger partial charge in [0.2, 0.25) is 0 Å². The van der Waals surface area contributed by atoms with E-state index in [0.717, 1.165) is 12.8 Å². The van der Waals surface area contributed by atoms with E-state index in [2.05, 4.69) is 6.92 Å². The monoisotopic (exact) mass is 192 g/mol. The predicted molar refractivity (Wildman–Crippen MR) is 58.1 cm³/mol. The molecule has 0 fully saturated rings. The van der Waals surface area contributed by atoms with Gasteiger partial charge in [0.25, 0.3) is 0 Å². The minimum absolute atomic E-state index is 0.330. The summed E-state index contributed by atoms with van der Waals surface area (Å²) in [6, 6.07) is 0. The van der Waals surface area contributed by atoms with E-state index in [1.54, 1.807) is 11.1 Å². The predicted octanol–water partition coefficient (Wildman–Crippen LogP) is 3.49. The Morgan fingerprint density at radius 1 is 1.29 bits per heavy atom. The van der Waals surface area contributed by atoms with Crippen molar-refractivity contribution >= 4 is 6.29 Å². The topological polar surface area (TPSA) is 17.1 Å². The third-order valence-electron chi connectivity index (χ3n) is 3.99. The Hall–Kier alpha value is -0.590. The average molecular weight is 192 g/mol. The Morgan fingerprint density at radius 2 is 2.07 bits per heavy atom. The van der Waals surface area contributed by atoms with Crippen molar-refractivity contribution in [2.45, 2.75) is 51.9 Å². The van der Waals surface area contributed by atoms with Crippen LogP contribution in [0.1, 0.15) is 51.9 Å². The molecule has 78 valence electrons. The maximum atomic E-state index is 11.0. The van der Waals surface area contributed by atoms with Crippen LogP contribution in [-0.2, 0) is 4.79 Å². The zero-order valence-corrected chi connectivity index (χ0v) is 9.09. The zero-order chi connectivity index (χ0) is 9.97. The number of rotatable bonds is 2. The first-order valence-corrected chi connectivity index (χ1v) is 6.03. The lowest BCUT2D eigenvalue weighted by Gasteiger charge is -2.35. The molecular weight excluding hydrogens is 172 g/mol. The smallest absolute Gasteiger partial charge is 0.123 e. The molecule has 0 aromatic heterocycles. The van der Waals surface area contributed by atoms with Gasteiger partial charge in [0.1, 0.15) is 6.29 Å². The van der Waals surface area contributed by atoms with Crippen molar-refractivity contribution in [1.29, 1.82) is 0 Å². The first-order chi connectivity index (χ1) is 6.86. The Morgan fingerprint density at radius 3 is 2.79 bits per heavy atom. The summed E-state index contributed by atoms with van der Waals surface area (Å²) in [5, 5.41) is 0. The number of hydrogen-bond acceptors (Lipinski definition) is 1.